The van der Waals surface area contributed by atoms with Crippen molar-refractivity contribution in [3.8, 4) is 78.7 Å². The third-order valence-electron chi connectivity index (χ3n) is 11.5. The molecule has 0 aliphatic carbocycles. The molecule has 8 aromatic carbocycles. The van der Waals surface area contributed by atoms with E-state index in [4.69, 9.17) is 19.9 Å². The number of rotatable bonds is 7. The first-order chi connectivity index (χ1) is 30.7. The van der Waals surface area contributed by atoms with Crippen molar-refractivity contribution in [3.05, 3.63) is 206 Å². The smallest absolute Gasteiger partial charge is 0.160 e. The largest absolute Gasteiger partial charge is 0.226 e. The Labute approximate surface area is 366 Å². The van der Waals surface area contributed by atoms with Gasteiger partial charge in [-0.25, -0.2) is 19.9 Å². The highest BCUT2D eigenvalue weighted by Gasteiger charge is 2.18. The van der Waals surface area contributed by atoms with Crippen molar-refractivity contribution in [3.63, 3.8) is 0 Å². The molecule has 0 saturated heterocycles. The second kappa shape index (κ2) is 15.1. The number of hydrogen-bond donors (Lipinski definition) is 0. The van der Waals surface area contributed by atoms with Crippen LogP contribution < -0.4 is 0 Å². The maximum Gasteiger partial charge on any atom is 0.160 e. The lowest BCUT2D eigenvalue weighted by molar-refractivity contribution is 1.24. The molecule has 0 spiro atoms. The summed E-state index contributed by atoms with van der Waals surface area (Å²) >= 11 is 3.51. The van der Waals surface area contributed by atoms with Crippen LogP contribution in [0.2, 0.25) is 0 Å². The first-order valence-electron chi connectivity index (χ1n) is 20.6. The summed E-state index contributed by atoms with van der Waals surface area (Å²) in [6.45, 7) is 0. The molecule has 4 nitrogen and oxygen atoms in total. The van der Waals surface area contributed by atoms with Gasteiger partial charge in [0.25, 0.3) is 0 Å². The van der Waals surface area contributed by atoms with Crippen LogP contribution in [0.5, 0.6) is 0 Å². The highest BCUT2D eigenvalue weighted by atomic mass is 32.1. The summed E-state index contributed by atoms with van der Waals surface area (Å²) in [5.74, 6) is 1.45. The summed E-state index contributed by atoms with van der Waals surface area (Å²) in [5, 5.41) is 2.32. The van der Waals surface area contributed by atoms with Crippen molar-refractivity contribution >= 4 is 63.3 Å². The normalized spacial score (nSPS) is 11.5. The third-order valence-corrected chi connectivity index (χ3v) is 13.9. The number of hydrogen-bond acceptors (Lipinski definition) is 6. The predicted octanol–water partition coefficient (Wildman–Crippen LogP) is 15.7. The van der Waals surface area contributed by atoms with Crippen LogP contribution in [0, 0.1) is 0 Å². The summed E-state index contributed by atoms with van der Waals surface area (Å²) in [7, 11) is 0. The van der Waals surface area contributed by atoms with Crippen LogP contribution in [0.4, 0.5) is 0 Å². The molecule has 0 amide bonds. The predicted molar refractivity (Wildman–Crippen MR) is 261 cm³/mol. The Morgan fingerprint density at radius 1 is 0.258 bits per heavy atom. The maximum atomic E-state index is 5.23. The lowest BCUT2D eigenvalue weighted by Crippen LogP contribution is -1.94. The average molecular weight is 827 g/mol. The summed E-state index contributed by atoms with van der Waals surface area (Å²) in [6.07, 6.45) is 0. The van der Waals surface area contributed by atoms with Crippen LogP contribution in [0.25, 0.3) is 119 Å². The van der Waals surface area contributed by atoms with Gasteiger partial charge in [0.05, 0.1) is 31.8 Å². The van der Waals surface area contributed by atoms with Gasteiger partial charge in [0.15, 0.2) is 11.6 Å². The molecular formula is C56H34N4S2. The summed E-state index contributed by atoms with van der Waals surface area (Å²) in [5.41, 5.74) is 14.9. The summed E-state index contributed by atoms with van der Waals surface area (Å²) < 4.78 is 4.65. The minimum atomic E-state index is 0.723. The van der Waals surface area contributed by atoms with E-state index in [2.05, 4.69) is 194 Å². The Hall–Kier alpha value is -7.64. The van der Waals surface area contributed by atoms with Crippen molar-refractivity contribution in [1.82, 2.24) is 19.9 Å². The molecule has 12 aromatic rings. The van der Waals surface area contributed by atoms with Crippen LogP contribution in [-0.4, -0.2) is 19.9 Å². The van der Waals surface area contributed by atoms with Gasteiger partial charge in [-0.3, -0.25) is 0 Å². The van der Waals surface area contributed by atoms with E-state index in [1.165, 1.54) is 9.40 Å². The van der Waals surface area contributed by atoms with Crippen molar-refractivity contribution in [1.29, 1.82) is 0 Å². The fraction of sp³-hybridized carbons (Fsp3) is 0. The number of nitrogens with zero attached hydrogens (tertiary/aromatic N) is 4. The molecule has 4 aromatic heterocycles. The molecule has 6 heteroatoms. The minimum Gasteiger partial charge on any atom is -0.226 e. The molecule has 0 saturated carbocycles. The minimum absolute atomic E-state index is 0.723. The topological polar surface area (TPSA) is 51.6 Å². The Morgan fingerprint density at radius 2 is 0.613 bits per heavy atom. The van der Waals surface area contributed by atoms with Gasteiger partial charge >= 0.3 is 0 Å². The number of aromatic nitrogens is 4. The molecule has 0 aliphatic rings. The SMILES string of the molecule is c1ccc(-c2nc(-c3ccc(-c4cccc(-c5cccc(-c6cccc(-c7nc(-c8ccccc8)c8sc9ccccc9c8n7)c6)c5)c4)cc3)nc3c2sc2ccccc23)cc1. The van der Waals surface area contributed by atoms with Crippen LogP contribution in [0.3, 0.4) is 0 Å². The Kier molecular flexibility index (Phi) is 8.84. The van der Waals surface area contributed by atoms with Crippen molar-refractivity contribution < 1.29 is 0 Å². The summed E-state index contributed by atoms with van der Waals surface area (Å²) in [4.78, 5) is 20.8. The molecule has 12 rings (SSSR count). The Morgan fingerprint density at radius 3 is 1.10 bits per heavy atom. The molecule has 0 N–H and O–H groups in total. The molecule has 0 bridgehead atoms. The van der Waals surface area contributed by atoms with Crippen LogP contribution >= 0.6 is 22.7 Å². The van der Waals surface area contributed by atoms with Crippen LogP contribution in [0.15, 0.2) is 206 Å². The molecule has 4 heterocycles. The van der Waals surface area contributed by atoms with E-state index < -0.39 is 0 Å². The van der Waals surface area contributed by atoms with Crippen molar-refractivity contribution in [2.45, 2.75) is 0 Å². The molecule has 0 radical (unpaired) electrons. The zero-order valence-corrected chi connectivity index (χ0v) is 34.9. The first kappa shape index (κ1) is 36.2. The second-order valence-electron chi connectivity index (χ2n) is 15.4. The Bertz CT molecular complexity index is 3630. The van der Waals surface area contributed by atoms with Gasteiger partial charge in [-0.05, 0) is 63.7 Å². The van der Waals surface area contributed by atoms with Gasteiger partial charge in [0.2, 0.25) is 0 Å². The molecular weight excluding hydrogens is 793 g/mol. The lowest BCUT2D eigenvalue weighted by atomic mass is 9.95. The van der Waals surface area contributed by atoms with Gasteiger partial charge in [-0.1, -0.05) is 176 Å². The first-order valence-corrected chi connectivity index (χ1v) is 22.2. The van der Waals surface area contributed by atoms with Gasteiger partial charge in [-0.15, -0.1) is 22.7 Å². The lowest BCUT2D eigenvalue weighted by Gasteiger charge is -2.11. The fourth-order valence-corrected chi connectivity index (χ4v) is 10.7. The van der Waals surface area contributed by atoms with E-state index in [0.717, 1.165) is 110 Å². The number of thiophene rings is 2. The van der Waals surface area contributed by atoms with E-state index >= 15 is 0 Å². The number of benzene rings is 8. The van der Waals surface area contributed by atoms with Crippen molar-refractivity contribution in [2.75, 3.05) is 0 Å². The van der Waals surface area contributed by atoms with Gasteiger partial charge in [0, 0.05) is 42.4 Å². The zero-order valence-electron chi connectivity index (χ0n) is 33.2. The second-order valence-corrected chi connectivity index (χ2v) is 17.5. The monoisotopic (exact) mass is 826 g/mol. The molecule has 0 unspecified atom stereocenters. The van der Waals surface area contributed by atoms with Gasteiger partial charge in [-0.2, -0.15) is 0 Å². The van der Waals surface area contributed by atoms with E-state index in [1.807, 2.05) is 12.1 Å². The maximum absolute atomic E-state index is 5.23. The molecule has 290 valence electrons. The number of fused-ring (bicyclic) bond motifs is 6. The highest BCUT2D eigenvalue weighted by molar-refractivity contribution is 7.26. The highest BCUT2D eigenvalue weighted by Crippen LogP contribution is 2.41. The Balaban J connectivity index is 0.868. The quantitative estimate of drug-likeness (QED) is 0.161. The van der Waals surface area contributed by atoms with E-state index in [-0.39, 0.29) is 0 Å². The molecule has 62 heavy (non-hydrogen) atoms. The van der Waals surface area contributed by atoms with E-state index in [9.17, 15) is 0 Å². The van der Waals surface area contributed by atoms with Crippen LogP contribution in [-0.2, 0) is 0 Å². The average Bonchev–Trinajstić information content (AvgIpc) is 3.93. The molecule has 0 atom stereocenters. The van der Waals surface area contributed by atoms with E-state index in [0.29, 0.717) is 0 Å². The van der Waals surface area contributed by atoms with Gasteiger partial charge in [0.1, 0.15) is 0 Å². The third kappa shape index (κ3) is 6.45. The standard InChI is InChI=1S/C56H34N4S2/c1-3-14-36(15-4-1)49-53-51(45-24-7-9-26-47(45)61-53)59-55(57-49)38-30-28-35(29-31-38)39-18-11-19-40(32-39)41-20-12-21-42(33-41)43-22-13-23-44(34-43)56-58-50(37-16-5-2-6-17-37)54-52(60-56)46-25-8-10-27-48(46)62-54/h1-34H. The zero-order chi connectivity index (χ0) is 41.0. The molecule has 0 fully saturated rings. The summed E-state index contributed by atoms with van der Waals surface area (Å²) in [6, 6.07) is 72.7. The van der Waals surface area contributed by atoms with E-state index in [1.54, 1.807) is 22.7 Å². The van der Waals surface area contributed by atoms with Gasteiger partial charge < -0.3 is 0 Å². The van der Waals surface area contributed by atoms with Crippen molar-refractivity contribution in [2.24, 2.45) is 0 Å². The fourth-order valence-electron chi connectivity index (χ4n) is 8.43. The van der Waals surface area contributed by atoms with Crippen LogP contribution in [0.1, 0.15) is 0 Å². The molecule has 0 aliphatic heterocycles.